The number of hydrogen-bond acceptors (Lipinski definition) is 4. The predicted octanol–water partition coefficient (Wildman–Crippen LogP) is 2.06. The van der Waals surface area contributed by atoms with Gasteiger partial charge in [0.25, 0.3) is 11.1 Å². The molecule has 1 aromatic carbocycles. The summed E-state index contributed by atoms with van der Waals surface area (Å²) in [6.07, 6.45) is 0. The molecule has 1 aliphatic heterocycles. The first kappa shape index (κ1) is 20.0. The third-order valence-corrected chi connectivity index (χ3v) is 4.77. The number of para-hydroxylation sites is 1. The highest BCUT2D eigenvalue weighted by Crippen LogP contribution is 2.14. The molecule has 0 radical (unpaired) electrons. The van der Waals surface area contributed by atoms with Crippen molar-refractivity contribution in [1.82, 2.24) is 14.3 Å². The van der Waals surface area contributed by atoms with Gasteiger partial charge in [-0.3, -0.25) is 14.5 Å². The Morgan fingerprint density at radius 1 is 0.920 bits per heavy atom. The number of nitrogens with zero attached hydrogens (tertiary/aromatic N) is 3. The highest BCUT2D eigenvalue weighted by atomic mass is 35.5. The molecule has 6 nitrogen and oxygen atoms in total. The quantitative estimate of drug-likeness (QED) is 0.780. The van der Waals surface area contributed by atoms with E-state index >= 15 is 0 Å². The molecular formula is C16H18Cl3N3O3. The molecule has 1 fully saturated rings. The Morgan fingerprint density at radius 3 is 2.16 bits per heavy atom. The van der Waals surface area contributed by atoms with Crippen LogP contribution < -0.4 is 11.1 Å². The Morgan fingerprint density at radius 2 is 1.52 bits per heavy atom. The maximum Gasteiger partial charge on any atom is 0.290 e. The fraction of sp³-hybridized carbons (Fsp3) is 0.375. The Hall–Kier alpha value is -1.31. The largest absolute Gasteiger partial charge is 0.379 e. The first-order valence-electron chi connectivity index (χ1n) is 7.66. The van der Waals surface area contributed by atoms with Crippen LogP contribution in [-0.2, 0) is 11.3 Å². The summed E-state index contributed by atoms with van der Waals surface area (Å²) in [5, 5.41) is -0.496. The second kappa shape index (κ2) is 8.87. The van der Waals surface area contributed by atoms with E-state index in [1.165, 1.54) is 9.36 Å². The summed E-state index contributed by atoms with van der Waals surface area (Å²) in [5.74, 6) is 0. The van der Waals surface area contributed by atoms with Gasteiger partial charge in [0.2, 0.25) is 0 Å². The summed E-state index contributed by atoms with van der Waals surface area (Å²) in [4.78, 5) is 27.3. The summed E-state index contributed by atoms with van der Waals surface area (Å²) in [6, 6.07) is 8.91. The van der Waals surface area contributed by atoms with Gasteiger partial charge >= 0.3 is 0 Å². The molecule has 0 N–H and O–H groups in total. The molecule has 25 heavy (non-hydrogen) atoms. The Balaban J connectivity index is 0.00000225. The van der Waals surface area contributed by atoms with Gasteiger partial charge in [-0.25, -0.2) is 9.36 Å². The third kappa shape index (κ3) is 4.27. The van der Waals surface area contributed by atoms with Crippen molar-refractivity contribution in [3.8, 4) is 5.69 Å². The first-order valence-corrected chi connectivity index (χ1v) is 8.42. The minimum Gasteiger partial charge on any atom is -0.379 e. The van der Waals surface area contributed by atoms with Crippen LogP contribution in [-0.4, -0.2) is 47.1 Å². The number of ether oxygens (including phenoxy) is 1. The molecule has 2 heterocycles. The van der Waals surface area contributed by atoms with E-state index in [9.17, 15) is 9.59 Å². The summed E-state index contributed by atoms with van der Waals surface area (Å²) >= 11 is 11.9. The minimum absolute atomic E-state index is 0. The average Bonchev–Trinajstić information content (AvgIpc) is 2.63. The normalized spacial score (nSPS) is 15.0. The van der Waals surface area contributed by atoms with Crippen molar-refractivity contribution >= 4 is 35.6 Å². The number of aromatic nitrogens is 2. The molecule has 0 bridgehead atoms. The van der Waals surface area contributed by atoms with Gasteiger partial charge in [0, 0.05) is 19.6 Å². The number of halogens is 3. The lowest BCUT2D eigenvalue weighted by molar-refractivity contribution is 0.0355. The van der Waals surface area contributed by atoms with Crippen LogP contribution in [0.3, 0.4) is 0 Å². The highest BCUT2D eigenvalue weighted by Gasteiger charge is 2.18. The molecule has 1 aromatic heterocycles. The number of benzene rings is 1. The summed E-state index contributed by atoms with van der Waals surface area (Å²) < 4.78 is 7.96. The van der Waals surface area contributed by atoms with Crippen LogP contribution in [0.5, 0.6) is 0 Å². The van der Waals surface area contributed by atoms with E-state index in [1.807, 2.05) is 6.07 Å². The van der Waals surface area contributed by atoms with E-state index in [0.717, 1.165) is 13.1 Å². The number of morpholine rings is 1. The van der Waals surface area contributed by atoms with E-state index in [4.69, 9.17) is 27.9 Å². The van der Waals surface area contributed by atoms with Gasteiger partial charge in [-0.15, -0.1) is 12.4 Å². The van der Waals surface area contributed by atoms with Crippen molar-refractivity contribution in [3.63, 3.8) is 0 Å². The van der Waals surface area contributed by atoms with Crippen LogP contribution >= 0.6 is 35.6 Å². The molecule has 0 aliphatic carbocycles. The Bertz CT molecular complexity index is 830. The highest BCUT2D eigenvalue weighted by molar-refractivity contribution is 6.41. The maximum atomic E-state index is 12.6. The van der Waals surface area contributed by atoms with Gasteiger partial charge in [-0.1, -0.05) is 41.4 Å². The Labute approximate surface area is 160 Å². The summed E-state index contributed by atoms with van der Waals surface area (Å²) in [7, 11) is 0. The average molecular weight is 407 g/mol. The fourth-order valence-electron chi connectivity index (χ4n) is 2.68. The second-order valence-electron chi connectivity index (χ2n) is 5.46. The minimum atomic E-state index is -0.505. The molecule has 0 spiro atoms. The van der Waals surface area contributed by atoms with Crippen molar-refractivity contribution < 1.29 is 4.74 Å². The van der Waals surface area contributed by atoms with Crippen LogP contribution in [0, 0.1) is 0 Å². The monoisotopic (exact) mass is 405 g/mol. The molecule has 136 valence electrons. The lowest BCUT2D eigenvalue weighted by Gasteiger charge is -2.27. The van der Waals surface area contributed by atoms with Crippen LogP contribution in [0.25, 0.3) is 5.69 Å². The van der Waals surface area contributed by atoms with E-state index in [1.54, 1.807) is 24.3 Å². The molecule has 0 amide bonds. The van der Waals surface area contributed by atoms with Crippen molar-refractivity contribution in [1.29, 1.82) is 0 Å². The molecule has 1 aliphatic rings. The van der Waals surface area contributed by atoms with E-state index in [-0.39, 0.29) is 22.5 Å². The number of hydrogen-bond donors (Lipinski definition) is 0. The van der Waals surface area contributed by atoms with Crippen molar-refractivity contribution in [3.05, 3.63) is 61.1 Å². The zero-order chi connectivity index (χ0) is 17.1. The standard InChI is InChI=1S/C16H17Cl2N3O3.ClH/c17-13-14(18)16(23)21(12-4-2-1-3-5-12)20(15(13)22)7-6-19-8-10-24-11-9-19;/h1-5H,6-11H2;1H. The molecule has 1 saturated heterocycles. The molecular weight excluding hydrogens is 389 g/mol. The van der Waals surface area contributed by atoms with Crippen LogP contribution in [0.4, 0.5) is 0 Å². The topological polar surface area (TPSA) is 56.5 Å². The number of rotatable bonds is 4. The summed E-state index contributed by atoms with van der Waals surface area (Å²) in [5.41, 5.74) is -0.409. The lowest BCUT2D eigenvalue weighted by atomic mass is 10.3. The van der Waals surface area contributed by atoms with Gasteiger partial charge in [-0.05, 0) is 12.1 Å². The zero-order valence-electron chi connectivity index (χ0n) is 13.4. The SMILES string of the molecule is Cl.O=c1c(Cl)c(Cl)c(=O)n(-c2ccccc2)n1CCN1CCOCC1. The van der Waals surface area contributed by atoms with E-state index in [0.29, 0.717) is 32.0 Å². The molecule has 9 heteroatoms. The van der Waals surface area contributed by atoms with E-state index < -0.39 is 11.1 Å². The Kier molecular flexibility index (Phi) is 7.10. The van der Waals surface area contributed by atoms with Gasteiger partial charge in [0.1, 0.15) is 10.0 Å². The van der Waals surface area contributed by atoms with Crippen molar-refractivity contribution in [2.75, 3.05) is 32.8 Å². The fourth-order valence-corrected chi connectivity index (χ4v) is 3.02. The van der Waals surface area contributed by atoms with Gasteiger partial charge in [0.05, 0.1) is 25.4 Å². The summed E-state index contributed by atoms with van der Waals surface area (Å²) in [6.45, 7) is 3.88. The van der Waals surface area contributed by atoms with Crippen LogP contribution in [0.2, 0.25) is 10.0 Å². The van der Waals surface area contributed by atoms with Crippen LogP contribution in [0.15, 0.2) is 39.9 Å². The molecule has 0 atom stereocenters. The third-order valence-electron chi connectivity index (χ3n) is 3.97. The lowest BCUT2D eigenvalue weighted by Crippen LogP contribution is -2.43. The van der Waals surface area contributed by atoms with Gasteiger partial charge < -0.3 is 4.74 Å². The maximum absolute atomic E-state index is 12.6. The first-order chi connectivity index (χ1) is 11.6. The molecule has 0 saturated carbocycles. The molecule has 3 rings (SSSR count). The zero-order valence-corrected chi connectivity index (χ0v) is 15.7. The predicted molar refractivity (Wildman–Crippen MR) is 101 cm³/mol. The van der Waals surface area contributed by atoms with Crippen molar-refractivity contribution in [2.24, 2.45) is 0 Å². The molecule has 0 unspecified atom stereocenters. The van der Waals surface area contributed by atoms with Crippen molar-refractivity contribution in [2.45, 2.75) is 6.54 Å². The van der Waals surface area contributed by atoms with Gasteiger partial charge in [-0.2, -0.15) is 0 Å². The van der Waals surface area contributed by atoms with Crippen LogP contribution in [0.1, 0.15) is 0 Å². The smallest absolute Gasteiger partial charge is 0.290 e. The van der Waals surface area contributed by atoms with E-state index in [2.05, 4.69) is 4.90 Å². The molecule has 2 aromatic rings. The second-order valence-corrected chi connectivity index (χ2v) is 6.22. The van der Waals surface area contributed by atoms with Gasteiger partial charge in [0.15, 0.2) is 0 Å².